The van der Waals surface area contributed by atoms with Crippen molar-refractivity contribution in [1.29, 1.82) is 0 Å². The number of carbonyl (C=O) groups excluding carboxylic acids is 1. The van der Waals surface area contributed by atoms with E-state index in [1.807, 2.05) is 20.8 Å². The van der Waals surface area contributed by atoms with Crippen LogP contribution in [0.1, 0.15) is 27.2 Å². The van der Waals surface area contributed by atoms with Gasteiger partial charge in [-0.15, -0.1) is 0 Å². The fraction of sp³-hybridized carbons (Fsp3) is 0.818. The average Bonchev–Trinajstić information content (AvgIpc) is 2.42. The molecule has 1 saturated heterocycles. The number of carboxylic acids is 1. The first kappa shape index (κ1) is 13.9. The number of nitrogens with one attached hydrogen (secondary N) is 1. The topological polar surface area (TPSA) is 89.9 Å². The molecule has 0 saturated carbocycles. The summed E-state index contributed by atoms with van der Waals surface area (Å²) < 4.78 is 0. The van der Waals surface area contributed by atoms with Gasteiger partial charge in [-0.1, -0.05) is 0 Å². The minimum Gasteiger partial charge on any atom is -0.480 e. The number of amides is 1. The third-order valence-electron chi connectivity index (χ3n) is 2.53. The van der Waals surface area contributed by atoms with E-state index >= 15 is 0 Å². The van der Waals surface area contributed by atoms with Gasteiger partial charge in [-0.25, -0.2) is 0 Å². The smallest absolute Gasteiger partial charge is 0.321 e. The maximum absolute atomic E-state index is 11.7. The minimum absolute atomic E-state index is 0.00525. The highest BCUT2D eigenvalue weighted by Crippen LogP contribution is 2.17. The van der Waals surface area contributed by atoms with E-state index in [0.717, 1.165) is 0 Å². The number of aliphatic hydroxyl groups excluding tert-OH is 1. The number of carbonyl (C=O) groups is 2. The zero-order chi connectivity index (χ0) is 13.2. The number of nitrogens with zero attached hydrogens (tertiary/aromatic N) is 1. The van der Waals surface area contributed by atoms with E-state index in [-0.39, 0.29) is 31.0 Å². The first-order chi connectivity index (χ1) is 7.69. The van der Waals surface area contributed by atoms with Crippen LogP contribution in [0.25, 0.3) is 0 Å². The molecule has 0 aliphatic carbocycles. The molecule has 6 nitrogen and oxygen atoms in total. The van der Waals surface area contributed by atoms with Crippen LogP contribution in [0.4, 0.5) is 0 Å². The molecule has 1 heterocycles. The molecule has 1 aliphatic rings. The summed E-state index contributed by atoms with van der Waals surface area (Å²) in [5, 5.41) is 21.2. The molecular weight excluding hydrogens is 224 g/mol. The molecule has 98 valence electrons. The van der Waals surface area contributed by atoms with Gasteiger partial charge < -0.3 is 15.5 Å². The number of β-amino-alcohol motifs (C(OH)–C–C–N with tert-alkyl or cyclic N) is 1. The molecule has 1 fully saturated rings. The Morgan fingerprint density at radius 3 is 2.47 bits per heavy atom. The lowest BCUT2D eigenvalue weighted by Crippen LogP contribution is -2.48. The predicted octanol–water partition coefficient (Wildman–Crippen LogP) is -0.579. The average molecular weight is 244 g/mol. The predicted molar refractivity (Wildman–Crippen MR) is 61.5 cm³/mol. The Kier molecular flexibility index (Phi) is 4.11. The molecule has 6 heteroatoms. The molecule has 2 atom stereocenters. The van der Waals surface area contributed by atoms with Crippen LogP contribution in [0, 0.1) is 0 Å². The maximum atomic E-state index is 11.7. The highest BCUT2D eigenvalue weighted by atomic mass is 16.4. The molecule has 1 aliphatic heterocycles. The Bertz CT molecular complexity index is 311. The Morgan fingerprint density at radius 1 is 1.41 bits per heavy atom. The lowest BCUT2D eigenvalue weighted by Gasteiger charge is -2.24. The summed E-state index contributed by atoms with van der Waals surface area (Å²) in [6.45, 7) is 5.81. The molecule has 2 unspecified atom stereocenters. The molecular formula is C11H20N2O4. The normalized spacial score (nSPS) is 25.9. The summed E-state index contributed by atoms with van der Waals surface area (Å²) in [6, 6.07) is -0.768. The van der Waals surface area contributed by atoms with Crippen molar-refractivity contribution in [1.82, 2.24) is 10.2 Å². The summed E-state index contributed by atoms with van der Waals surface area (Å²) in [7, 11) is 0. The summed E-state index contributed by atoms with van der Waals surface area (Å²) in [6.07, 6.45) is -0.489. The summed E-state index contributed by atoms with van der Waals surface area (Å²) in [5.74, 6) is -1.22. The van der Waals surface area contributed by atoms with Gasteiger partial charge >= 0.3 is 5.97 Å². The second-order valence-electron chi connectivity index (χ2n) is 5.47. The van der Waals surface area contributed by atoms with Crippen LogP contribution >= 0.6 is 0 Å². The molecule has 0 radical (unpaired) electrons. The van der Waals surface area contributed by atoms with Crippen LogP contribution in [-0.4, -0.2) is 57.8 Å². The van der Waals surface area contributed by atoms with Gasteiger partial charge in [0.25, 0.3) is 0 Å². The van der Waals surface area contributed by atoms with E-state index in [9.17, 15) is 14.7 Å². The Morgan fingerprint density at radius 2 is 2.00 bits per heavy atom. The van der Waals surface area contributed by atoms with E-state index in [1.165, 1.54) is 4.90 Å². The molecule has 0 aromatic rings. The van der Waals surface area contributed by atoms with E-state index in [2.05, 4.69) is 5.32 Å². The standard InChI is InChI=1S/C11H20N2O4/c1-11(2,3)12-9(15)6-13-5-7(14)4-8(13)10(16)17/h7-8,14H,4-6H2,1-3H3,(H,12,15)(H,16,17). The Labute approximate surface area is 101 Å². The molecule has 3 N–H and O–H groups in total. The van der Waals surface area contributed by atoms with Crippen molar-refractivity contribution in [2.24, 2.45) is 0 Å². The highest BCUT2D eigenvalue weighted by molar-refractivity contribution is 5.80. The van der Waals surface area contributed by atoms with E-state index in [4.69, 9.17) is 5.11 Å². The second kappa shape index (κ2) is 5.01. The summed E-state index contributed by atoms with van der Waals surface area (Å²) in [4.78, 5) is 24.1. The van der Waals surface area contributed by atoms with Crippen molar-refractivity contribution < 1.29 is 19.8 Å². The zero-order valence-corrected chi connectivity index (χ0v) is 10.4. The van der Waals surface area contributed by atoms with Crippen molar-refractivity contribution in [2.45, 2.75) is 44.9 Å². The van der Waals surface area contributed by atoms with Crippen LogP contribution in [0.2, 0.25) is 0 Å². The summed E-state index contributed by atoms with van der Waals surface area (Å²) in [5.41, 5.74) is -0.339. The summed E-state index contributed by atoms with van der Waals surface area (Å²) >= 11 is 0. The van der Waals surface area contributed by atoms with Crippen molar-refractivity contribution in [3.8, 4) is 0 Å². The molecule has 17 heavy (non-hydrogen) atoms. The van der Waals surface area contributed by atoms with Gasteiger partial charge in [0.1, 0.15) is 6.04 Å². The number of rotatable bonds is 3. The molecule has 1 amide bonds. The van der Waals surface area contributed by atoms with Crippen LogP contribution in [0.15, 0.2) is 0 Å². The van der Waals surface area contributed by atoms with Crippen molar-refractivity contribution in [2.75, 3.05) is 13.1 Å². The van der Waals surface area contributed by atoms with Crippen LogP contribution < -0.4 is 5.32 Å². The van der Waals surface area contributed by atoms with Crippen LogP contribution in [-0.2, 0) is 9.59 Å². The third kappa shape index (κ3) is 4.32. The fourth-order valence-electron chi connectivity index (χ4n) is 1.95. The number of likely N-dealkylation sites (tertiary alicyclic amines) is 1. The zero-order valence-electron chi connectivity index (χ0n) is 10.4. The first-order valence-corrected chi connectivity index (χ1v) is 5.65. The van der Waals surface area contributed by atoms with Gasteiger partial charge in [0.15, 0.2) is 0 Å². The number of carboxylic acid groups (broad SMARTS) is 1. The Balaban J connectivity index is 2.55. The van der Waals surface area contributed by atoms with Gasteiger partial charge in [-0.2, -0.15) is 0 Å². The maximum Gasteiger partial charge on any atom is 0.321 e. The lowest BCUT2D eigenvalue weighted by molar-refractivity contribution is -0.142. The fourth-order valence-corrected chi connectivity index (χ4v) is 1.95. The molecule has 0 aromatic carbocycles. The molecule has 0 aromatic heterocycles. The lowest BCUT2D eigenvalue weighted by atomic mass is 10.1. The number of hydrogen-bond donors (Lipinski definition) is 3. The van der Waals surface area contributed by atoms with Crippen molar-refractivity contribution in [3.63, 3.8) is 0 Å². The molecule has 1 rings (SSSR count). The van der Waals surface area contributed by atoms with E-state index in [1.54, 1.807) is 0 Å². The van der Waals surface area contributed by atoms with E-state index < -0.39 is 18.1 Å². The number of hydrogen-bond acceptors (Lipinski definition) is 4. The quantitative estimate of drug-likeness (QED) is 0.618. The minimum atomic E-state index is -0.995. The van der Waals surface area contributed by atoms with Crippen LogP contribution in [0.3, 0.4) is 0 Å². The number of aliphatic carboxylic acids is 1. The van der Waals surface area contributed by atoms with Crippen molar-refractivity contribution in [3.05, 3.63) is 0 Å². The van der Waals surface area contributed by atoms with Gasteiger partial charge in [0, 0.05) is 18.5 Å². The third-order valence-corrected chi connectivity index (χ3v) is 2.53. The van der Waals surface area contributed by atoms with Crippen LogP contribution in [0.5, 0.6) is 0 Å². The molecule has 0 spiro atoms. The largest absolute Gasteiger partial charge is 0.480 e. The highest BCUT2D eigenvalue weighted by Gasteiger charge is 2.37. The van der Waals surface area contributed by atoms with Gasteiger partial charge in [0.2, 0.25) is 5.91 Å². The first-order valence-electron chi connectivity index (χ1n) is 5.65. The number of aliphatic hydroxyl groups is 1. The van der Waals surface area contributed by atoms with Crippen molar-refractivity contribution >= 4 is 11.9 Å². The van der Waals surface area contributed by atoms with Gasteiger partial charge in [-0.05, 0) is 20.8 Å². The SMILES string of the molecule is CC(C)(C)NC(=O)CN1CC(O)CC1C(=O)O. The van der Waals surface area contributed by atoms with Gasteiger partial charge in [-0.3, -0.25) is 14.5 Å². The van der Waals surface area contributed by atoms with E-state index in [0.29, 0.717) is 0 Å². The Hall–Kier alpha value is -1.14. The monoisotopic (exact) mass is 244 g/mol. The van der Waals surface area contributed by atoms with Gasteiger partial charge in [0.05, 0.1) is 12.6 Å². The molecule has 0 bridgehead atoms. The second-order valence-corrected chi connectivity index (χ2v) is 5.47.